The number of amides is 3. The van der Waals surface area contributed by atoms with Crippen LogP contribution in [0.1, 0.15) is 13.8 Å². The summed E-state index contributed by atoms with van der Waals surface area (Å²) >= 11 is 5.49. The largest absolute Gasteiger partial charge is 0.478 e. The second kappa shape index (κ2) is 6.85. The van der Waals surface area contributed by atoms with Crippen LogP contribution in [-0.2, 0) is 9.59 Å². The van der Waals surface area contributed by atoms with Crippen LogP contribution >= 0.6 is 11.6 Å². The molecule has 6 nitrogen and oxygen atoms in total. The fourth-order valence-corrected chi connectivity index (χ4v) is 1.38. The van der Waals surface area contributed by atoms with E-state index in [0.717, 1.165) is 6.07 Å². The molecule has 3 amide bonds. The maximum absolute atomic E-state index is 13.2. The number of urea groups is 1. The van der Waals surface area contributed by atoms with Crippen LogP contribution in [0.5, 0.6) is 0 Å². The van der Waals surface area contributed by atoms with Crippen LogP contribution in [0.3, 0.4) is 0 Å². The monoisotopic (exact) mass is 314 g/mol. The maximum atomic E-state index is 13.2. The molecule has 0 heterocycles. The van der Waals surface area contributed by atoms with Crippen molar-refractivity contribution >= 4 is 35.2 Å². The number of carbonyl (C=O) groups is 3. The molecule has 0 spiro atoms. The molecule has 1 aromatic carbocycles. The number of benzene rings is 1. The van der Waals surface area contributed by atoms with Crippen molar-refractivity contribution in [2.45, 2.75) is 13.8 Å². The minimum absolute atomic E-state index is 0.0961. The summed E-state index contributed by atoms with van der Waals surface area (Å²) in [6, 6.07) is 2.66. The molecule has 1 aromatic rings. The van der Waals surface area contributed by atoms with Gasteiger partial charge in [-0.05, 0) is 32.0 Å². The Labute approximate surface area is 124 Å². The Balaban J connectivity index is 2.74. The van der Waals surface area contributed by atoms with E-state index < -0.39 is 23.7 Å². The molecule has 112 valence electrons. The highest BCUT2D eigenvalue weighted by atomic mass is 35.5. The zero-order valence-electron chi connectivity index (χ0n) is 11.2. The zero-order chi connectivity index (χ0) is 16.2. The van der Waals surface area contributed by atoms with Gasteiger partial charge >= 0.3 is 12.0 Å². The summed E-state index contributed by atoms with van der Waals surface area (Å²) < 4.78 is 13.2. The van der Waals surface area contributed by atoms with Crippen LogP contribution in [0, 0.1) is 5.82 Å². The third kappa shape index (κ3) is 4.57. The van der Waals surface area contributed by atoms with Crippen molar-refractivity contribution in [1.29, 1.82) is 0 Å². The lowest BCUT2D eigenvalue weighted by Crippen LogP contribution is -2.35. The first-order valence-electron chi connectivity index (χ1n) is 5.70. The van der Waals surface area contributed by atoms with Gasteiger partial charge in [0.2, 0.25) is 0 Å². The van der Waals surface area contributed by atoms with Crippen LogP contribution in [0.4, 0.5) is 14.9 Å². The summed E-state index contributed by atoms with van der Waals surface area (Å²) in [7, 11) is 0. The molecular formula is C13H12ClFN2O4. The van der Waals surface area contributed by atoms with E-state index in [1.165, 1.54) is 26.0 Å². The number of carboxylic acid groups (broad SMARTS) is 1. The molecule has 1 rings (SSSR count). The number of hydrogen-bond donors (Lipinski definition) is 3. The fourth-order valence-electron chi connectivity index (χ4n) is 1.26. The van der Waals surface area contributed by atoms with Crippen LogP contribution in [0.15, 0.2) is 29.3 Å². The molecule has 0 aliphatic rings. The van der Waals surface area contributed by atoms with E-state index >= 15 is 0 Å². The molecule has 0 atom stereocenters. The molecule has 0 aromatic heterocycles. The van der Waals surface area contributed by atoms with E-state index in [2.05, 4.69) is 5.32 Å². The first-order valence-corrected chi connectivity index (χ1v) is 6.08. The fraction of sp³-hybridized carbons (Fsp3) is 0.154. The van der Waals surface area contributed by atoms with Crippen molar-refractivity contribution in [3.63, 3.8) is 0 Å². The van der Waals surface area contributed by atoms with Crippen molar-refractivity contribution in [2.24, 2.45) is 0 Å². The van der Waals surface area contributed by atoms with Gasteiger partial charge in [0.05, 0.1) is 5.02 Å². The molecule has 0 aliphatic carbocycles. The van der Waals surface area contributed by atoms with Gasteiger partial charge in [-0.25, -0.2) is 14.0 Å². The highest BCUT2D eigenvalue weighted by Crippen LogP contribution is 2.18. The van der Waals surface area contributed by atoms with Crippen LogP contribution < -0.4 is 10.6 Å². The van der Waals surface area contributed by atoms with Gasteiger partial charge in [-0.1, -0.05) is 11.6 Å². The van der Waals surface area contributed by atoms with Crippen LogP contribution in [0.2, 0.25) is 5.02 Å². The lowest BCUT2D eigenvalue weighted by molar-refractivity contribution is -0.133. The first kappa shape index (κ1) is 16.6. The Morgan fingerprint density at radius 3 is 2.33 bits per heavy atom. The number of carbonyl (C=O) groups excluding carboxylic acids is 2. The molecule has 3 N–H and O–H groups in total. The number of anilines is 1. The summed E-state index contributed by atoms with van der Waals surface area (Å²) in [4.78, 5) is 33.9. The van der Waals surface area contributed by atoms with E-state index in [9.17, 15) is 18.8 Å². The number of carboxylic acids is 1. The molecule has 8 heteroatoms. The topological polar surface area (TPSA) is 95.5 Å². The molecular weight excluding hydrogens is 303 g/mol. The van der Waals surface area contributed by atoms with E-state index in [1.54, 1.807) is 0 Å². The lowest BCUT2D eigenvalue weighted by atomic mass is 10.1. The van der Waals surface area contributed by atoms with Crippen molar-refractivity contribution in [2.75, 3.05) is 5.32 Å². The molecule has 0 aliphatic heterocycles. The number of aliphatic carboxylic acids is 1. The summed E-state index contributed by atoms with van der Waals surface area (Å²) in [5, 5.41) is 12.8. The smallest absolute Gasteiger partial charge is 0.331 e. The Hall–Kier alpha value is -2.41. The average molecular weight is 315 g/mol. The summed E-state index contributed by atoms with van der Waals surface area (Å²) in [5.41, 5.74) is -0.198. The van der Waals surface area contributed by atoms with Crippen LogP contribution in [-0.4, -0.2) is 23.0 Å². The van der Waals surface area contributed by atoms with Gasteiger partial charge in [0.1, 0.15) is 5.82 Å². The van der Waals surface area contributed by atoms with E-state index in [1.807, 2.05) is 5.32 Å². The number of nitrogens with one attached hydrogen (secondary N) is 2. The van der Waals surface area contributed by atoms with Gasteiger partial charge in [0.25, 0.3) is 5.91 Å². The van der Waals surface area contributed by atoms with Gasteiger partial charge in [0.15, 0.2) is 0 Å². The number of imide groups is 1. The molecule has 0 unspecified atom stereocenters. The highest BCUT2D eigenvalue weighted by Gasteiger charge is 2.15. The summed E-state index contributed by atoms with van der Waals surface area (Å²) in [6.45, 7) is 2.51. The minimum Gasteiger partial charge on any atom is -0.478 e. The van der Waals surface area contributed by atoms with E-state index in [0.29, 0.717) is 0 Å². The predicted octanol–water partition coefficient (Wildman–Crippen LogP) is 2.55. The zero-order valence-corrected chi connectivity index (χ0v) is 11.9. The van der Waals surface area contributed by atoms with Gasteiger partial charge in [-0.15, -0.1) is 0 Å². The summed E-state index contributed by atoms with van der Waals surface area (Å²) in [6.07, 6.45) is 0. The van der Waals surface area contributed by atoms with E-state index in [4.69, 9.17) is 16.7 Å². The normalized spacial score (nSPS) is 11.4. The predicted molar refractivity (Wildman–Crippen MR) is 74.6 cm³/mol. The van der Waals surface area contributed by atoms with Crippen LogP contribution in [0.25, 0.3) is 0 Å². The quantitative estimate of drug-likeness (QED) is 0.747. The average Bonchev–Trinajstić information content (AvgIpc) is 2.40. The van der Waals surface area contributed by atoms with Gasteiger partial charge < -0.3 is 10.4 Å². The maximum Gasteiger partial charge on any atom is 0.331 e. The second-order valence-electron chi connectivity index (χ2n) is 4.09. The van der Waals surface area contributed by atoms with Gasteiger partial charge in [0, 0.05) is 16.8 Å². The third-order valence-corrected chi connectivity index (χ3v) is 2.93. The molecule has 0 bridgehead atoms. The Morgan fingerprint density at radius 2 is 1.81 bits per heavy atom. The van der Waals surface area contributed by atoms with Crippen molar-refractivity contribution in [1.82, 2.24) is 5.32 Å². The van der Waals surface area contributed by atoms with Gasteiger partial charge in [-0.3, -0.25) is 10.1 Å². The number of halogens is 2. The second-order valence-corrected chi connectivity index (χ2v) is 4.50. The third-order valence-electron chi connectivity index (χ3n) is 2.63. The summed E-state index contributed by atoms with van der Waals surface area (Å²) in [5.74, 6) is -2.84. The lowest BCUT2D eigenvalue weighted by Gasteiger charge is -2.08. The molecule has 21 heavy (non-hydrogen) atoms. The number of rotatable bonds is 3. The van der Waals surface area contributed by atoms with Crippen molar-refractivity contribution < 1.29 is 23.9 Å². The molecule has 0 saturated carbocycles. The Morgan fingerprint density at radius 1 is 1.19 bits per heavy atom. The SMILES string of the molecule is CC(C(=O)O)=C(C)C(=O)NC(=O)Nc1ccc(Cl)c(F)c1. The highest BCUT2D eigenvalue weighted by molar-refractivity contribution is 6.30. The number of hydrogen-bond acceptors (Lipinski definition) is 3. The van der Waals surface area contributed by atoms with E-state index in [-0.39, 0.29) is 21.9 Å². The standard InChI is InChI=1S/C13H12ClFN2O4/c1-6(7(2)12(19)20)11(18)17-13(21)16-8-3-4-9(14)10(15)5-8/h3-5H,1-2H3,(H,19,20)(H2,16,17,18,21). The minimum atomic E-state index is -1.26. The molecule has 0 radical (unpaired) electrons. The Bertz CT molecular complexity index is 643. The Kier molecular flexibility index (Phi) is 5.43. The molecule has 0 fully saturated rings. The van der Waals surface area contributed by atoms with Crippen molar-refractivity contribution in [3.8, 4) is 0 Å². The first-order chi connectivity index (χ1) is 9.72. The molecule has 0 saturated heterocycles. The van der Waals surface area contributed by atoms with Gasteiger partial charge in [-0.2, -0.15) is 0 Å². The van der Waals surface area contributed by atoms with Crippen molar-refractivity contribution in [3.05, 3.63) is 40.2 Å².